The zero-order valence-corrected chi connectivity index (χ0v) is 10.8. The van der Waals surface area contributed by atoms with Crippen LogP contribution in [0, 0.1) is 11.3 Å². The maximum atomic E-state index is 10.7. The normalized spacial score (nSPS) is 11.2. The van der Waals surface area contributed by atoms with Crippen molar-refractivity contribution in [2.45, 2.75) is 6.92 Å². The van der Waals surface area contributed by atoms with Crippen LogP contribution in [0.25, 0.3) is 0 Å². The van der Waals surface area contributed by atoms with E-state index in [1.54, 1.807) is 31.2 Å². The molecular weight excluding hydrogens is 263 g/mol. The molecule has 3 N–H and O–H groups in total. The fraction of sp³-hybridized carbons (Fsp3) is 0.273. The van der Waals surface area contributed by atoms with E-state index in [4.69, 9.17) is 27.5 Å². The number of ether oxygens (including phenoxy) is 1. The van der Waals surface area contributed by atoms with Crippen LogP contribution in [0.3, 0.4) is 0 Å². The van der Waals surface area contributed by atoms with Crippen LogP contribution in [0.15, 0.2) is 24.3 Å². The molecule has 0 aliphatic carbocycles. The van der Waals surface area contributed by atoms with Crippen LogP contribution in [0.1, 0.15) is 12.5 Å². The van der Waals surface area contributed by atoms with Gasteiger partial charge in [-0.1, -0.05) is 6.92 Å². The first kappa shape index (κ1) is 15.7. The number of hydrogen-bond donors (Lipinski definition) is 2. The number of nitrogens with one attached hydrogen (secondary N) is 1. The second-order valence-corrected chi connectivity index (χ2v) is 3.83. The lowest BCUT2D eigenvalue weighted by molar-refractivity contribution is -0.115. The van der Waals surface area contributed by atoms with Gasteiger partial charge in [0.1, 0.15) is 11.6 Å². The first-order valence-electron chi connectivity index (χ1n) is 4.77. The van der Waals surface area contributed by atoms with Crippen molar-refractivity contribution in [2.75, 3.05) is 6.61 Å². The molecule has 1 aromatic carbocycles. The predicted octanol–water partition coefficient (Wildman–Crippen LogP) is 2.17. The van der Waals surface area contributed by atoms with E-state index in [9.17, 15) is 4.79 Å². The van der Waals surface area contributed by atoms with Crippen molar-refractivity contribution in [3.8, 4) is 5.75 Å². The van der Waals surface area contributed by atoms with Gasteiger partial charge in [-0.25, -0.2) is 0 Å². The first-order valence-corrected chi connectivity index (χ1v) is 5.15. The van der Waals surface area contributed by atoms with Crippen LogP contribution in [0.4, 0.5) is 0 Å². The minimum absolute atomic E-state index is 0. The molecule has 1 rings (SSSR count). The number of carbonyl (C=O) groups excluding carboxylic acids is 1. The van der Waals surface area contributed by atoms with Gasteiger partial charge < -0.3 is 10.5 Å². The number of amidine groups is 1. The highest BCUT2D eigenvalue weighted by Gasteiger charge is 2.10. The molecule has 4 nitrogen and oxygen atoms in total. The fourth-order valence-corrected chi connectivity index (χ4v) is 1.08. The lowest BCUT2D eigenvalue weighted by Crippen LogP contribution is -2.14. The molecule has 0 fully saturated rings. The molecule has 6 heteroatoms. The molecule has 0 saturated heterocycles. The van der Waals surface area contributed by atoms with Gasteiger partial charge >= 0.3 is 0 Å². The minimum Gasteiger partial charge on any atom is -0.493 e. The standard InChI is InChI=1S/C11H13ClN2O2.ClH/c1-7(10(12)15)6-16-9-4-2-8(3-5-9)11(13)14;/h2-5,7H,6H2,1H3,(H3,13,14);1H. The summed E-state index contributed by atoms with van der Waals surface area (Å²) in [6.07, 6.45) is 0. The van der Waals surface area contributed by atoms with E-state index < -0.39 is 5.24 Å². The molecule has 94 valence electrons. The van der Waals surface area contributed by atoms with E-state index in [1.165, 1.54) is 0 Å². The van der Waals surface area contributed by atoms with Gasteiger partial charge in [0.25, 0.3) is 0 Å². The molecule has 0 aliphatic rings. The molecule has 0 radical (unpaired) electrons. The lowest BCUT2D eigenvalue weighted by atomic mass is 10.2. The number of carbonyl (C=O) groups is 1. The summed E-state index contributed by atoms with van der Waals surface area (Å²) in [6, 6.07) is 6.76. The summed E-state index contributed by atoms with van der Waals surface area (Å²) in [6.45, 7) is 1.93. The van der Waals surface area contributed by atoms with Gasteiger partial charge in [0, 0.05) is 5.56 Å². The summed E-state index contributed by atoms with van der Waals surface area (Å²) >= 11 is 5.30. The Hall–Kier alpha value is -1.26. The van der Waals surface area contributed by atoms with E-state index >= 15 is 0 Å². The number of nitrogen functional groups attached to an aromatic ring is 1. The number of benzene rings is 1. The molecule has 0 aliphatic heterocycles. The third kappa shape index (κ3) is 5.06. The van der Waals surface area contributed by atoms with Gasteiger partial charge in [0.05, 0.1) is 12.5 Å². The van der Waals surface area contributed by atoms with Crippen molar-refractivity contribution < 1.29 is 9.53 Å². The highest BCUT2D eigenvalue weighted by Crippen LogP contribution is 2.13. The maximum Gasteiger partial charge on any atom is 0.227 e. The third-order valence-electron chi connectivity index (χ3n) is 2.05. The van der Waals surface area contributed by atoms with Crippen LogP contribution in [-0.2, 0) is 4.79 Å². The molecule has 0 bridgehead atoms. The Morgan fingerprint density at radius 3 is 2.41 bits per heavy atom. The molecule has 0 spiro atoms. The van der Waals surface area contributed by atoms with Gasteiger partial charge in [-0.05, 0) is 35.9 Å². The largest absolute Gasteiger partial charge is 0.493 e. The lowest BCUT2D eigenvalue weighted by Gasteiger charge is -2.09. The van der Waals surface area contributed by atoms with Crippen LogP contribution in [0.5, 0.6) is 5.75 Å². The topological polar surface area (TPSA) is 76.2 Å². The quantitative estimate of drug-likeness (QED) is 0.492. The maximum absolute atomic E-state index is 10.7. The average molecular weight is 277 g/mol. The zero-order chi connectivity index (χ0) is 12.1. The predicted molar refractivity (Wildman–Crippen MR) is 70.2 cm³/mol. The van der Waals surface area contributed by atoms with Crippen molar-refractivity contribution in [3.05, 3.63) is 29.8 Å². The van der Waals surface area contributed by atoms with Crippen molar-refractivity contribution in [1.29, 1.82) is 5.41 Å². The summed E-state index contributed by atoms with van der Waals surface area (Å²) in [5.74, 6) is 0.291. The number of nitrogens with two attached hydrogens (primary N) is 1. The molecular formula is C11H14Cl2N2O2. The van der Waals surface area contributed by atoms with Gasteiger partial charge in [-0.2, -0.15) is 0 Å². The van der Waals surface area contributed by atoms with Crippen molar-refractivity contribution in [3.63, 3.8) is 0 Å². The van der Waals surface area contributed by atoms with E-state index in [1.807, 2.05) is 0 Å². The number of rotatable bonds is 5. The van der Waals surface area contributed by atoms with Gasteiger partial charge in [-0.15, -0.1) is 12.4 Å². The van der Waals surface area contributed by atoms with Gasteiger partial charge in [0.15, 0.2) is 0 Å². The second-order valence-electron chi connectivity index (χ2n) is 3.45. The number of hydrogen-bond acceptors (Lipinski definition) is 3. The molecule has 1 atom stereocenters. The van der Waals surface area contributed by atoms with Gasteiger partial charge in [-0.3, -0.25) is 10.2 Å². The average Bonchev–Trinajstić information content (AvgIpc) is 2.26. The molecule has 17 heavy (non-hydrogen) atoms. The number of halogens is 2. The molecule has 0 amide bonds. The van der Waals surface area contributed by atoms with Crippen LogP contribution < -0.4 is 10.5 Å². The molecule has 1 aromatic rings. The minimum atomic E-state index is -0.416. The third-order valence-corrected chi connectivity index (χ3v) is 2.43. The van der Waals surface area contributed by atoms with Crippen molar-refractivity contribution >= 4 is 35.1 Å². The molecule has 0 aromatic heterocycles. The van der Waals surface area contributed by atoms with Crippen molar-refractivity contribution in [2.24, 2.45) is 11.7 Å². The Labute approximate surface area is 111 Å². The van der Waals surface area contributed by atoms with E-state index in [2.05, 4.69) is 0 Å². The van der Waals surface area contributed by atoms with Gasteiger partial charge in [0.2, 0.25) is 5.24 Å². The summed E-state index contributed by atoms with van der Waals surface area (Å²) in [5, 5.41) is 6.79. The Balaban J connectivity index is 0.00000256. The second kappa shape index (κ2) is 7.14. The van der Waals surface area contributed by atoms with E-state index in [0.29, 0.717) is 11.3 Å². The monoisotopic (exact) mass is 276 g/mol. The Morgan fingerprint density at radius 1 is 1.47 bits per heavy atom. The highest BCUT2D eigenvalue weighted by molar-refractivity contribution is 6.63. The van der Waals surface area contributed by atoms with Crippen molar-refractivity contribution in [1.82, 2.24) is 0 Å². The molecule has 0 saturated carbocycles. The van der Waals surface area contributed by atoms with E-state index in [0.717, 1.165) is 0 Å². The summed E-state index contributed by atoms with van der Waals surface area (Å²) < 4.78 is 5.35. The summed E-state index contributed by atoms with van der Waals surface area (Å²) in [4.78, 5) is 10.7. The Bertz CT molecular complexity index is 393. The van der Waals surface area contributed by atoms with Crippen LogP contribution >= 0.6 is 24.0 Å². The molecule has 1 unspecified atom stereocenters. The fourth-order valence-electron chi connectivity index (χ4n) is 1.02. The Kier molecular flexibility index (Phi) is 6.61. The highest BCUT2D eigenvalue weighted by atomic mass is 35.5. The van der Waals surface area contributed by atoms with E-state index in [-0.39, 0.29) is 30.8 Å². The summed E-state index contributed by atoms with van der Waals surface area (Å²) in [5.41, 5.74) is 5.94. The first-order chi connectivity index (χ1) is 7.50. The molecule has 0 heterocycles. The van der Waals surface area contributed by atoms with Crippen LogP contribution in [-0.4, -0.2) is 17.7 Å². The SMILES string of the molecule is CC(COc1ccc(C(=N)N)cc1)C(=O)Cl.Cl. The zero-order valence-electron chi connectivity index (χ0n) is 9.27. The summed E-state index contributed by atoms with van der Waals surface area (Å²) in [7, 11) is 0. The van der Waals surface area contributed by atoms with Crippen LogP contribution in [0.2, 0.25) is 0 Å². The smallest absolute Gasteiger partial charge is 0.227 e. The Morgan fingerprint density at radius 2 is 2.00 bits per heavy atom.